The second kappa shape index (κ2) is 7.93. The predicted octanol–water partition coefficient (Wildman–Crippen LogP) is 8.41. The SMILES string of the molecule is c1ccc(-c2ccc(-c3cc4c5c(cccc5c3)N(c3ccccc3)c3cncnc3-4)cc2)cc1. The van der Waals surface area contributed by atoms with Crippen LogP contribution in [0.15, 0.2) is 128 Å². The summed E-state index contributed by atoms with van der Waals surface area (Å²) in [6, 6.07) is 40.8. The number of anilines is 3. The maximum absolute atomic E-state index is 4.75. The molecule has 0 radical (unpaired) electrons. The van der Waals surface area contributed by atoms with Crippen LogP contribution in [0.3, 0.4) is 0 Å². The smallest absolute Gasteiger partial charge is 0.116 e. The molecule has 0 amide bonds. The van der Waals surface area contributed by atoms with E-state index in [0.717, 1.165) is 28.3 Å². The number of hydrogen-bond acceptors (Lipinski definition) is 3. The van der Waals surface area contributed by atoms with Crippen molar-refractivity contribution in [3.63, 3.8) is 0 Å². The second-order valence-electron chi connectivity index (χ2n) is 8.77. The van der Waals surface area contributed by atoms with E-state index >= 15 is 0 Å². The summed E-state index contributed by atoms with van der Waals surface area (Å²) in [5, 5.41) is 2.42. The zero-order chi connectivity index (χ0) is 23.2. The Kier molecular flexibility index (Phi) is 4.46. The molecule has 3 heteroatoms. The zero-order valence-electron chi connectivity index (χ0n) is 19.0. The normalized spacial score (nSPS) is 11.9. The van der Waals surface area contributed by atoms with Gasteiger partial charge in [0.1, 0.15) is 6.33 Å². The Morgan fingerprint density at radius 2 is 1.23 bits per heavy atom. The third-order valence-electron chi connectivity index (χ3n) is 6.72. The molecule has 0 spiro atoms. The summed E-state index contributed by atoms with van der Waals surface area (Å²) in [6.45, 7) is 0. The molecule has 7 rings (SSSR count). The minimum absolute atomic E-state index is 0.954. The Hall–Kier alpha value is -4.76. The number of para-hydroxylation sites is 1. The van der Waals surface area contributed by atoms with Crippen molar-refractivity contribution in [2.75, 3.05) is 4.90 Å². The summed E-state index contributed by atoms with van der Waals surface area (Å²) in [6.07, 6.45) is 3.56. The van der Waals surface area contributed by atoms with E-state index in [1.165, 1.54) is 33.0 Å². The molecule has 0 aliphatic carbocycles. The van der Waals surface area contributed by atoms with Crippen molar-refractivity contribution in [3.8, 4) is 33.5 Å². The molecule has 5 aromatic carbocycles. The Morgan fingerprint density at radius 1 is 0.543 bits per heavy atom. The van der Waals surface area contributed by atoms with E-state index in [9.17, 15) is 0 Å². The molecule has 0 bridgehead atoms. The number of fused-ring (bicyclic) bond motifs is 2. The van der Waals surface area contributed by atoms with Crippen molar-refractivity contribution < 1.29 is 0 Å². The van der Waals surface area contributed by atoms with Crippen LogP contribution in [0, 0.1) is 0 Å². The summed E-state index contributed by atoms with van der Waals surface area (Å²) in [5.41, 5.74) is 10.2. The first-order chi connectivity index (χ1) is 17.4. The molecule has 1 aromatic heterocycles. The topological polar surface area (TPSA) is 29.0 Å². The van der Waals surface area contributed by atoms with Crippen LogP contribution in [0.4, 0.5) is 17.1 Å². The third-order valence-corrected chi connectivity index (χ3v) is 6.72. The molecule has 35 heavy (non-hydrogen) atoms. The van der Waals surface area contributed by atoms with Crippen LogP contribution < -0.4 is 4.90 Å². The zero-order valence-corrected chi connectivity index (χ0v) is 19.0. The van der Waals surface area contributed by atoms with Gasteiger partial charge in [0.2, 0.25) is 0 Å². The summed E-state index contributed by atoms with van der Waals surface area (Å²) in [4.78, 5) is 11.4. The fourth-order valence-electron chi connectivity index (χ4n) is 5.11. The molecule has 0 saturated carbocycles. The van der Waals surface area contributed by atoms with Gasteiger partial charge < -0.3 is 4.90 Å². The summed E-state index contributed by atoms with van der Waals surface area (Å²) in [5.74, 6) is 0. The van der Waals surface area contributed by atoms with Gasteiger partial charge in [0.25, 0.3) is 0 Å². The molecule has 1 aliphatic rings. The van der Waals surface area contributed by atoms with Gasteiger partial charge >= 0.3 is 0 Å². The highest BCUT2D eigenvalue weighted by atomic mass is 15.2. The van der Waals surface area contributed by atoms with Gasteiger partial charge in [0.05, 0.1) is 23.3 Å². The molecular weight excluding hydrogens is 426 g/mol. The van der Waals surface area contributed by atoms with Crippen molar-refractivity contribution >= 4 is 27.8 Å². The molecule has 0 N–H and O–H groups in total. The molecule has 0 fully saturated rings. The fourth-order valence-corrected chi connectivity index (χ4v) is 5.11. The van der Waals surface area contributed by atoms with Crippen LogP contribution in [0.1, 0.15) is 0 Å². The maximum atomic E-state index is 4.75. The fraction of sp³-hybridized carbons (Fsp3) is 0. The minimum atomic E-state index is 0.954. The van der Waals surface area contributed by atoms with Crippen LogP contribution in [-0.4, -0.2) is 9.97 Å². The van der Waals surface area contributed by atoms with Gasteiger partial charge in [0, 0.05) is 16.6 Å². The van der Waals surface area contributed by atoms with Gasteiger partial charge in [-0.1, -0.05) is 84.9 Å². The highest BCUT2D eigenvalue weighted by molar-refractivity contribution is 6.14. The number of hydrogen-bond donors (Lipinski definition) is 0. The van der Waals surface area contributed by atoms with Crippen LogP contribution in [0.2, 0.25) is 0 Å². The van der Waals surface area contributed by atoms with Gasteiger partial charge in [0.15, 0.2) is 0 Å². The summed E-state index contributed by atoms with van der Waals surface area (Å²) < 4.78 is 0. The Balaban J connectivity index is 1.42. The number of aromatic nitrogens is 2. The standard InChI is InChI=1S/C32H21N3/c1-3-8-22(9-4-1)23-14-16-24(17-15-23)26-18-25-10-7-13-29-31(25)28(19-26)32-30(20-33-21-34-32)35(29)27-11-5-2-6-12-27/h1-21H. The number of benzene rings is 5. The van der Waals surface area contributed by atoms with Crippen molar-refractivity contribution in [1.82, 2.24) is 9.97 Å². The van der Waals surface area contributed by atoms with Crippen molar-refractivity contribution in [2.24, 2.45) is 0 Å². The summed E-state index contributed by atoms with van der Waals surface area (Å²) in [7, 11) is 0. The summed E-state index contributed by atoms with van der Waals surface area (Å²) >= 11 is 0. The van der Waals surface area contributed by atoms with Crippen LogP contribution >= 0.6 is 0 Å². The quantitative estimate of drug-likeness (QED) is 0.272. The van der Waals surface area contributed by atoms with Crippen molar-refractivity contribution in [3.05, 3.63) is 128 Å². The molecule has 3 nitrogen and oxygen atoms in total. The molecule has 6 aromatic rings. The van der Waals surface area contributed by atoms with Crippen molar-refractivity contribution in [1.29, 1.82) is 0 Å². The van der Waals surface area contributed by atoms with Crippen LogP contribution in [-0.2, 0) is 0 Å². The second-order valence-corrected chi connectivity index (χ2v) is 8.77. The lowest BCUT2D eigenvalue weighted by molar-refractivity contribution is 1.13. The lowest BCUT2D eigenvalue weighted by Crippen LogP contribution is -2.16. The van der Waals surface area contributed by atoms with E-state index in [4.69, 9.17) is 4.98 Å². The lowest BCUT2D eigenvalue weighted by atomic mass is 9.90. The van der Waals surface area contributed by atoms with Crippen LogP contribution in [0.25, 0.3) is 44.3 Å². The molecule has 2 heterocycles. The average Bonchev–Trinajstić information content (AvgIpc) is 2.94. The monoisotopic (exact) mass is 447 g/mol. The Morgan fingerprint density at radius 3 is 2.00 bits per heavy atom. The minimum Gasteiger partial charge on any atom is -0.306 e. The first-order valence-corrected chi connectivity index (χ1v) is 11.7. The van der Waals surface area contributed by atoms with Crippen molar-refractivity contribution in [2.45, 2.75) is 0 Å². The van der Waals surface area contributed by atoms with E-state index in [1.807, 2.05) is 18.3 Å². The Bertz CT molecular complexity index is 1670. The predicted molar refractivity (Wildman–Crippen MR) is 144 cm³/mol. The van der Waals surface area contributed by atoms with E-state index < -0.39 is 0 Å². The highest BCUT2D eigenvalue weighted by Gasteiger charge is 2.27. The third kappa shape index (κ3) is 3.21. The van der Waals surface area contributed by atoms with Gasteiger partial charge in [-0.15, -0.1) is 0 Å². The maximum Gasteiger partial charge on any atom is 0.116 e. The molecule has 0 atom stereocenters. The first kappa shape index (κ1) is 19.7. The highest BCUT2D eigenvalue weighted by Crippen LogP contribution is 2.50. The molecule has 1 aliphatic heterocycles. The molecular formula is C32H21N3. The van der Waals surface area contributed by atoms with E-state index in [1.54, 1.807) is 6.33 Å². The van der Waals surface area contributed by atoms with Crippen LogP contribution in [0.5, 0.6) is 0 Å². The largest absolute Gasteiger partial charge is 0.306 e. The first-order valence-electron chi connectivity index (χ1n) is 11.7. The lowest BCUT2D eigenvalue weighted by Gasteiger charge is -2.32. The number of rotatable bonds is 3. The molecule has 164 valence electrons. The molecule has 0 unspecified atom stereocenters. The van der Waals surface area contributed by atoms with E-state index in [0.29, 0.717) is 0 Å². The van der Waals surface area contributed by atoms with Gasteiger partial charge in [-0.2, -0.15) is 0 Å². The number of nitrogens with zero attached hydrogens (tertiary/aromatic N) is 3. The van der Waals surface area contributed by atoms with E-state index in [2.05, 4.69) is 113 Å². The van der Waals surface area contributed by atoms with Gasteiger partial charge in [-0.05, 0) is 58.0 Å². The molecule has 0 saturated heterocycles. The van der Waals surface area contributed by atoms with E-state index in [-0.39, 0.29) is 0 Å². The van der Waals surface area contributed by atoms with Gasteiger partial charge in [-0.25, -0.2) is 9.97 Å². The average molecular weight is 448 g/mol. The van der Waals surface area contributed by atoms with Gasteiger partial charge in [-0.3, -0.25) is 0 Å². The Labute approximate surface area is 204 Å².